The normalized spacial score (nSPS) is 11.4. The van der Waals surface area contributed by atoms with Crippen molar-refractivity contribution in [2.75, 3.05) is 0 Å². The molecular formula is C19H16ClN3O4. The summed E-state index contributed by atoms with van der Waals surface area (Å²) in [5.74, 6) is 0.509. The first-order chi connectivity index (χ1) is 12.8. The highest BCUT2D eigenvalue weighted by Crippen LogP contribution is 2.33. The van der Waals surface area contributed by atoms with Crippen molar-refractivity contribution < 1.29 is 14.1 Å². The molecule has 3 rings (SSSR count). The van der Waals surface area contributed by atoms with Crippen LogP contribution in [0, 0.1) is 10.1 Å². The van der Waals surface area contributed by atoms with Crippen molar-refractivity contribution in [1.82, 2.24) is 9.78 Å². The summed E-state index contributed by atoms with van der Waals surface area (Å²) in [4.78, 5) is 22.9. The molecule has 0 atom stereocenters. The number of allylic oxidation sites excluding steroid dienone is 1. The Morgan fingerprint density at radius 2 is 2.11 bits per heavy atom. The third kappa shape index (κ3) is 4.15. The van der Waals surface area contributed by atoms with Crippen LogP contribution in [0.3, 0.4) is 0 Å². The van der Waals surface area contributed by atoms with Gasteiger partial charge in [0.05, 0.1) is 22.2 Å². The van der Waals surface area contributed by atoms with Crippen molar-refractivity contribution in [3.8, 4) is 11.3 Å². The Morgan fingerprint density at radius 3 is 2.78 bits per heavy atom. The number of furan rings is 1. The zero-order chi connectivity index (χ0) is 19.6. The molecule has 0 aliphatic rings. The molecule has 8 heteroatoms. The van der Waals surface area contributed by atoms with Gasteiger partial charge in [0, 0.05) is 23.3 Å². The quantitative estimate of drug-likeness (QED) is 0.252. The van der Waals surface area contributed by atoms with E-state index in [2.05, 4.69) is 5.10 Å². The Morgan fingerprint density at radius 1 is 1.33 bits per heavy atom. The highest BCUT2D eigenvalue weighted by Gasteiger charge is 2.18. The average Bonchev–Trinajstić information content (AvgIpc) is 3.29. The van der Waals surface area contributed by atoms with Gasteiger partial charge >= 0.3 is 0 Å². The number of nitrogens with zero attached hydrogens (tertiary/aromatic N) is 3. The van der Waals surface area contributed by atoms with E-state index in [-0.39, 0.29) is 22.5 Å². The number of ketones is 1. The van der Waals surface area contributed by atoms with Gasteiger partial charge in [0.2, 0.25) is 0 Å². The summed E-state index contributed by atoms with van der Waals surface area (Å²) in [6, 6.07) is 7.76. The van der Waals surface area contributed by atoms with Crippen LogP contribution in [0.2, 0.25) is 5.02 Å². The molecule has 1 aromatic carbocycles. The standard InChI is InChI=1S/C19H16ClN3O4/c1-12(2)22-11-13(10-21-22)18(24)7-4-15-5-8-19(27-15)16-6-3-14(20)9-17(16)23(25)26/h3-12H,1-2H3/b7-4+. The Labute approximate surface area is 160 Å². The summed E-state index contributed by atoms with van der Waals surface area (Å²) >= 11 is 5.83. The molecule has 0 bridgehead atoms. The number of halogens is 1. The maximum absolute atomic E-state index is 12.2. The third-order valence-corrected chi connectivity index (χ3v) is 4.10. The lowest BCUT2D eigenvalue weighted by Gasteiger charge is -2.02. The highest BCUT2D eigenvalue weighted by molar-refractivity contribution is 6.30. The number of carbonyl (C=O) groups excluding carboxylic acids is 1. The van der Waals surface area contributed by atoms with E-state index in [1.807, 2.05) is 13.8 Å². The summed E-state index contributed by atoms with van der Waals surface area (Å²) < 4.78 is 7.32. The van der Waals surface area contributed by atoms with Crippen molar-refractivity contribution >= 4 is 29.1 Å². The lowest BCUT2D eigenvalue weighted by atomic mass is 10.1. The topological polar surface area (TPSA) is 91.2 Å². The van der Waals surface area contributed by atoms with Gasteiger partial charge in [0.15, 0.2) is 5.78 Å². The lowest BCUT2D eigenvalue weighted by Crippen LogP contribution is -2.00. The van der Waals surface area contributed by atoms with Crippen LogP contribution in [0.4, 0.5) is 5.69 Å². The van der Waals surface area contributed by atoms with Gasteiger partial charge in [-0.3, -0.25) is 19.6 Å². The van der Waals surface area contributed by atoms with Gasteiger partial charge in [-0.1, -0.05) is 11.6 Å². The molecule has 0 aliphatic heterocycles. The van der Waals surface area contributed by atoms with Gasteiger partial charge in [-0.25, -0.2) is 0 Å². The summed E-state index contributed by atoms with van der Waals surface area (Å²) in [6.45, 7) is 3.94. The summed E-state index contributed by atoms with van der Waals surface area (Å²) in [5.41, 5.74) is 0.637. The van der Waals surface area contributed by atoms with Crippen LogP contribution < -0.4 is 0 Å². The van der Waals surface area contributed by atoms with Crippen LogP contribution in [0.15, 0.2) is 53.2 Å². The number of nitro groups is 1. The van der Waals surface area contributed by atoms with E-state index in [4.69, 9.17) is 16.0 Å². The number of nitro benzene ring substituents is 1. The molecule has 2 heterocycles. The summed E-state index contributed by atoms with van der Waals surface area (Å²) in [7, 11) is 0. The molecule has 0 amide bonds. The van der Waals surface area contributed by atoms with Crippen molar-refractivity contribution in [2.45, 2.75) is 19.9 Å². The predicted octanol–water partition coefficient (Wildman–Crippen LogP) is 5.18. The minimum absolute atomic E-state index is 0.149. The van der Waals surface area contributed by atoms with E-state index in [1.165, 1.54) is 30.5 Å². The maximum atomic E-state index is 12.2. The Hall–Kier alpha value is -3.19. The van der Waals surface area contributed by atoms with Crippen molar-refractivity contribution in [1.29, 1.82) is 0 Å². The fourth-order valence-electron chi connectivity index (χ4n) is 2.45. The monoisotopic (exact) mass is 385 g/mol. The van der Waals surface area contributed by atoms with Gasteiger partial charge in [-0.2, -0.15) is 5.10 Å². The molecule has 0 unspecified atom stereocenters. The molecule has 0 radical (unpaired) electrons. The van der Waals surface area contributed by atoms with Crippen molar-refractivity contribution in [2.24, 2.45) is 0 Å². The average molecular weight is 386 g/mol. The van der Waals surface area contributed by atoms with Gasteiger partial charge in [-0.15, -0.1) is 0 Å². The van der Waals surface area contributed by atoms with Gasteiger partial charge in [0.25, 0.3) is 5.69 Å². The van der Waals surface area contributed by atoms with Crippen LogP contribution in [-0.4, -0.2) is 20.5 Å². The molecule has 0 N–H and O–H groups in total. The van der Waals surface area contributed by atoms with Crippen LogP contribution in [0.25, 0.3) is 17.4 Å². The maximum Gasteiger partial charge on any atom is 0.281 e. The largest absolute Gasteiger partial charge is 0.456 e. The smallest absolute Gasteiger partial charge is 0.281 e. The minimum Gasteiger partial charge on any atom is -0.456 e. The molecule has 0 spiro atoms. The molecule has 3 aromatic rings. The SMILES string of the molecule is CC(C)n1cc(C(=O)/C=C/c2ccc(-c3ccc(Cl)cc3[N+](=O)[O-])o2)cn1. The number of hydrogen-bond donors (Lipinski definition) is 0. The first kappa shape index (κ1) is 18.6. The number of aromatic nitrogens is 2. The Balaban J connectivity index is 1.81. The van der Waals surface area contributed by atoms with Crippen molar-refractivity contribution in [3.63, 3.8) is 0 Å². The van der Waals surface area contributed by atoms with Crippen LogP contribution in [-0.2, 0) is 0 Å². The first-order valence-corrected chi connectivity index (χ1v) is 8.53. The molecule has 0 saturated heterocycles. The van der Waals surface area contributed by atoms with Gasteiger partial charge in [0.1, 0.15) is 11.5 Å². The highest BCUT2D eigenvalue weighted by atomic mass is 35.5. The van der Waals surface area contributed by atoms with Crippen molar-refractivity contribution in [3.05, 3.63) is 75.3 Å². The number of rotatable bonds is 6. The zero-order valence-corrected chi connectivity index (χ0v) is 15.4. The zero-order valence-electron chi connectivity index (χ0n) is 14.6. The summed E-state index contributed by atoms with van der Waals surface area (Å²) in [6.07, 6.45) is 6.08. The van der Waals surface area contributed by atoms with Crippen LogP contribution >= 0.6 is 11.6 Å². The van der Waals surface area contributed by atoms with E-state index in [0.29, 0.717) is 22.6 Å². The number of carbonyl (C=O) groups is 1. The predicted molar refractivity (Wildman–Crippen MR) is 102 cm³/mol. The van der Waals surface area contributed by atoms with E-state index in [0.717, 1.165) is 0 Å². The van der Waals surface area contributed by atoms with Gasteiger partial charge in [-0.05, 0) is 50.3 Å². The molecule has 27 heavy (non-hydrogen) atoms. The second-order valence-electron chi connectivity index (χ2n) is 6.12. The molecule has 2 aromatic heterocycles. The third-order valence-electron chi connectivity index (χ3n) is 3.86. The molecule has 138 valence electrons. The molecule has 0 fully saturated rings. The van der Waals surface area contributed by atoms with Gasteiger partial charge < -0.3 is 4.42 Å². The minimum atomic E-state index is -0.519. The molecule has 0 aliphatic carbocycles. The van der Waals surface area contributed by atoms with E-state index in [1.54, 1.807) is 29.1 Å². The van der Waals surface area contributed by atoms with Crippen LogP contribution in [0.5, 0.6) is 0 Å². The van der Waals surface area contributed by atoms with E-state index < -0.39 is 4.92 Å². The number of hydrogen-bond acceptors (Lipinski definition) is 5. The molecular weight excluding hydrogens is 370 g/mol. The second-order valence-corrected chi connectivity index (χ2v) is 6.56. The molecule has 0 saturated carbocycles. The van der Waals surface area contributed by atoms with E-state index >= 15 is 0 Å². The van der Waals surface area contributed by atoms with E-state index in [9.17, 15) is 14.9 Å². The second kappa shape index (κ2) is 7.59. The summed E-state index contributed by atoms with van der Waals surface area (Å²) in [5, 5.41) is 15.6. The lowest BCUT2D eigenvalue weighted by molar-refractivity contribution is -0.384. The molecule has 7 nitrogen and oxygen atoms in total. The Bertz CT molecular complexity index is 1030. The fraction of sp³-hybridized carbons (Fsp3) is 0.158. The fourth-order valence-corrected chi connectivity index (χ4v) is 2.62. The number of benzene rings is 1. The first-order valence-electron chi connectivity index (χ1n) is 8.16. The van der Waals surface area contributed by atoms with Crippen LogP contribution in [0.1, 0.15) is 36.0 Å². The Kier molecular flexibility index (Phi) is 5.23.